The first-order chi connectivity index (χ1) is 15.9. The molecule has 1 unspecified atom stereocenters. The molecule has 1 N–H and O–H groups in total. The van der Waals surface area contributed by atoms with Gasteiger partial charge in [-0.1, -0.05) is 11.6 Å². The van der Waals surface area contributed by atoms with Gasteiger partial charge in [-0.05, 0) is 51.7 Å². The SMILES string of the molecule is Cc1nc2c3c(nn2c(C)c1Cl)CN(C(=O)c1ccc(F)cc1OC1C[C@H]2CC[C@@H](C1)N2)C3.Cl. The maximum Gasteiger partial charge on any atom is 0.258 e. The van der Waals surface area contributed by atoms with Crippen LogP contribution in [0.2, 0.25) is 5.02 Å². The highest BCUT2D eigenvalue weighted by molar-refractivity contribution is 6.31. The van der Waals surface area contributed by atoms with Crippen molar-refractivity contribution >= 4 is 35.6 Å². The lowest BCUT2D eigenvalue weighted by atomic mass is 10.0. The quantitative estimate of drug-likeness (QED) is 0.571. The summed E-state index contributed by atoms with van der Waals surface area (Å²) < 4.78 is 22.1. The molecule has 5 heterocycles. The lowest BCUT2D eigenvalue weighted by molar-refractivity contribution is 0.0737. The van der Waals surface area contributed by atoms with Crippen LogP contribution in [0.25, 0.3) is 5.65 Å². The molecule has 0 aliphatic carbocycles. The third kappa shape index (κ3) is 3.82. The second-order valence-electron chi connectivity index (χ2n) is 9.41. The summed E-state index contributed by atoms with van der Waals surface area (Å²) in [4.78, 5) is 19.8. The minimum Gasteiger partial charge on any atom is -0.489 e. The topological polar surface area (TPSA) is 71.8 Å². The van der Waals surface area contributed by atoms with Crippen LogP contribution < -0.4 is 10.1 Å². The van der Waals surface area contributed by atoms with Crippen molar-refractivity contribution in [3.05, 3.63) is 57.2 Å². The molecule has 10 heteroatoms. The van der Waals surface area contributed by atoms with Crippen molar-refractivity contribution in [2.24, 2.45) is 0 Å². The molecule has 3 aliphatic heterocycles. The monoisotopic (exact) mass is 505 g/mol. The number of hydrogen-bond donors (Lipinski definition) is 1. The van der Waals surface area contributed by atoms with E-state index in [4.69, 9.17) is 16.3 Å². The smallest absolute Gasteiger partial charge is 0.258 e. The number of rotatable bonds is 3. The normalized spacial score (nSPS) is 23.2. The number of amides is 1. The number of carbonyl (C=O) groups is 1. The summed E-state index contributed by atoms with van der Waals surface area (Å²) in [6.07, 6.45) is 4.02. The molecule has 6 rings (SSSR count). The lowest BCUT2D eigenvalue weighted by Gasteiger charge is -2.30. The molecule has 2 saturated heterocycles. The van der Waals surface area contributed by atoms with E-state index in [9.17, 15) is 9.18 Å². The number of carbonyl (C=O) groups excluding carboxylic acids is 1. The zero-order valence-corrected chi connectivity index (χ0v) is 20.5. The molecule has 3 atom stereocenters. The van der Waals surface area contributed by atoms with Gasteiger partial charge >= 0.3 is 0 Å². The number of ether oxygens (including phenoxy) is 1. The second-order valence-corrected chi connectivity index (χ2v) is 9.79. The number of aryl methyl sites for hydroxylation is 2. The van der Waals surface area contributed by atoms with E-state index >= 15 is 0 Å². The summed E-state index contributed by atoms with van der Waals surface area (Å²) in [6, 6.07) is 5.06. The van der Waals surface area contributed by atoms with Crippen LogP contribution in [-0.4, -0.2) is 43.6 Å². The Morgan fingerprint density at radius 3 is 2.68 bits per heavy atom. The van der Waals surface area contributed by atoms with Gasteiger partial charge in [-0.25, -0.2) is 13.9 Å². The Bertz CT molecular complexity index is 1280. The lowest BCUT2D eigenvalue weighted by Crippen LogP contribution is -2.42. The molecular weight excluding hydrogens is 480 g/mol. The molecule has 3 aliphatic rings. The Balaban J connectivity index is 0.00000241. The zero-order chi connectivity index (χ0) is 22.9. The van der Waals surface area contributed by atoms with Gasteiger partial charge in [-0.2, -0.15) is 5.10 Å². The number of aromatic nitrogens is 3. The summed E-state index contributed by atoms with van der Waals surface area (Å²) in [6.45, 7) is 4.52. The van der Waals surface area contributed by atoms with E-state index in [-0.39, 0.29) is 24.4 Å². The van der Waals surface area contributed by atoms with E-state index in [1.807, 2.05) is 13.8 Å². The van der Waals surface area contributed by atoms with Crippen LogP contribution in [0, 0.1) is 19.7 Å². The number of piperidine rings is 1. The van der Waals surface area contributed by atoms with E-state index in [2.05, 4.69) is 15.4 Å². The number of benzene rings is 1. The minimum atomic E-state index is -0.409. The predicted molar refractivity (Wildman–Crippen MR) is 128 cm³/mol. The van der Waals surface area contributed by atoms with Crippen LogP contribution in [-0.2, 0) is 13.1 Å². The molecule has 0 saturated carbocycles. The summed E-state index contributed by atoms with van der Waals surface area (Å²) >= 11 is 6.33. The maximum absolute atomic E-state index is 14.1. The third-order valence-electron chi connectivity index (χ3n) is 7.14. The van der Waals surface area contributed by atoms with Crippen LogP contribution in [0.3, 0.4) is 0 Å². The van der Waals surface area contributed by atoms with Gasteiger partial charge in [-0.3, -0.25) is 4.79 Å². The molecule has 2 aromatic heterocycles. The van der Waals surface area contributed by atoms with Crippen molar-refractivity contribution in [1.82, 2.24) is 24.8 Å². The molecular formula is C24H26Cl2FN5O2. The van der Waals surface area contributed by atoms with E-state index in [0.717, 1.165) is 54.0 Å². The first-order valence-corrected chi connectivity index (χ1v) is 11.8. The molecule has 2 bridgehead atoms. The fourth-order valence-corrected chi connectivity index (χ4v) is 5.60. The van der Waals surface area contributed by atoms with Crippen LogP contribution in [0.1, 0.15) is 58.7 Å². The standard InChI is InChI=1S/C24H25ClFN5O2.ClH/c1-12-22(25)13(2)31-23(27-12)19-10-30(11-20(19)29-31)24(32)18-6-3-14(26)7-21(18)33-17-8-15-4-5-16(9-17)28-15;/h3,6-7,15-17,28H,4-5,8-11H2,1-2H3;1H/t15-,16+,17?;. The summed E-state index contributed by atoms with van der Waals surface area (Å²) in [5.74, 6) is -0.282. The van der Waals surface area contributed by atoms with Crippen LogP contribution in [0.4, 0.5) is 4.39 Å². The molecule has 1 amide bonds. The molecule has 7 nitrogen and oxygen atoms in total. The van der Waals surface area contributed by atoms with Crippen molar-refractivity contribution in [3.63, 3.8) is 0 Å². The van der Waals surface area contributed by atoms with Gasteiger partial charge in [-0.15, -0.1) is 12.4 Å². The van der Waals surface area contributed by atoms with E-state index < -0.39 is 5.82 Å². The molecule has 3 aromatic rings. The Kier molecular flexibility index (Phi) is 5.94. The van der Waals surface area contributed by atoms with E-state index in [0.29, 0.717) is 41.5 Å². The van der Waals surface area contributed by atoms with Crippen molar-refractivity contribution < 1.29 is 13.9 Å². The molecule has 0 spiro atoms. The molecule has 2 fully saturated rings. The molecule has 0 radical (unpaired) electrons. The Morgan fingerprint density at radius 1 is 1.21 bits per heavy atom. The Hall–Kier alpha value is -2.42. The van der Waals surface area contributed by atoms with Gasteiger partial charge in [0.1, 0.15) is 17.7 Å². The Labute approximate surface area is 208 Å². The summed E-state index contributed by atoms with van der Waals surface area (Å²) in [5.41, 5.74) is 4.40. The van der Waals surface area contributed by atoms with Crippen LogP contribution >= 0.6 is 24.0 Å². The highest BCUT2D eigenvalue weighted by Gasteiger charge is 2.36. The van der Waals surface area contributed by atoms with Gasteiger partial charge in [0.2, 0.25) is 0 Å². The zero-order valence-electron chi connectivity index (χ0n) is 19.0. The van der Waals surface area contributed by atoms with E-state index in [1.54, 1.807) is 9.42 Å². The van der Waals surface area contributed by atoms with Gasteiger partial charge < -0.3 is 15.0 Å². The number of fused-ring (bicyclic) bond motifs is 5. The average Bonchev–Trinajstić information content (AvgIpc) is 3.45. The van der Waals surface area contributed by atoms with Crippen molar-refractivity contribution in [3.8, 4) is 5.75 Å². The largest absolute Gasteiger partial charge is 0.489 e. The molecule has 180 valence electrons. The van der Waals surface area contributed by atoms with Gasteiger partial charge in [0.25, 0.3) is 5.91 Å². The Morgan fingerprint density at radius 2 is 1.94 bits per heavy atom. The minimum absolute atomic E-state index is 0. The van der Waals surface area contributed by atoms with Gasteiger partial charge in [0.15, 0.2) is 5.65 Å². The fraction of sp³-hybridized carbons (Fsp3) is 0.458. The molecule has 34 heavy (non-hydrogen) atoms. The van der Waals surface area contributed by atoms with Crippen molar-refractivity contribution in [2.45, 2.75) is 70.8 Å². The van der Waals surface area contributed by atoms with Crippen molar-refractivity contribution in [2.75, 3.05) is 0 Å². The van der Waals surface area contributed by atoms with Crippen LogP contribution in [0.5, 0.6) is 5.75 Å². The molecule has 1 aromatic carbocycles. The van der Waals surface area contributed by atoms with Crippen LogP contribution in [0.15, 0.2) is 18.2 Å². The number of nitrogens with zero attached hydrogens (tertiary/aromatic N) is 4. The number of nitrogens with one attached hydrogen (secondary N) is 1. The van der Waals surface area contributed by atoms with E-state index in [1.165, 1.54) is 18.2 Å². The first kappa shape index (κ1) is 23.3. The fourth-order valence-electron chi connectivity index (χ4n) is 5.48. The van der Waals surface area contributed by atoms with Gasteiger partial charge in [0.05, 0.1) is 40.8 Å². The highest BCUT2D eigenvalue weighted by atomic mass is 35.5. The maximum atomic E-state index is 14.1. The summed E-state index contributed by atoms with van der Waals surface area (Å²) in [5, 5.41) is 8.83. The third-order valence-corrected chi connectivity index (χ3v) is 7.69. The summed E-state index contributed by atoms with van der Waals surface area (Å²) in [7, 11) is 0. The number of halogens is 3. The van der Waals surface area contributed by atoms with Crippen molar-refractivity contribution in [1.29, 1.82) is 0 Å². The second kappa shape index (κ2) is 8.66. The van der Waals surface area contributed by atoms with Gasteiger partial charge in [0, 0.05) is 23.7 Å². The average molecular weight is 506 g/mol. The first-order valence-electron chi connectivity index (χ1n) is 11.4. The predicted octanol–water partition coefficient (Wildman–Crippen LogP) is 4.38. The highest BCUT2D eigenvalue weighted by Crippen LogP contribution is 2.34. The number of hydrogen-bond acceptors (Lipinski definition) is 5.